The molecule has 0 aliphatic heterocycles. The summed E-state index contributed by atoms with van der Waals surface area (Å²) < 4.78 is 0. The van der Waals surface area contributed by atoms with Gasteiger partial charge in [0.05, 0.1) is 0 Å². The van der Waals surface area contributed by atoms with E-state index in [0.29, 0.717) is 0 Å². The van der Waals surface area contributed by atoms with Crippen LogP contribution in [0.15, 0.2) is 64.4 Å². The molecule has 1 radical (unpaired) electrons. The molecule has 0 aliphatic rings. The highest BCUT2D eigenvalue weighted by Crippen LogP contribution is 2.38. The van der Waals surface area contributed by atoms with Crippen molar-refractivity contribution in [2.75, 3.05) is 0 Å². The molecule has 147 valence electrons. The molecule has 2 heteroatoms. The largest absolute Gasteiger partial charge is 0.229 e. The Labute approximate surface area is 170 Å². The summed E-state index contributed by atoms with van der Waals surface area (Å²) in [5.74, 6) is 0.101. The zero-order valence-corrected chi connectivity index (χ0v) is 18.1. The number of benzene rings is 2. The second kappa shape index (κ2) is 11.6. The fourth-order valence-electron chi connectivity index (χ4n) is 3.76. The zero-order chi connectivity index (χ0) is 19.5. The van der Waals surface area contributed by atoms with Crippen LogP contribution in [0.25, 0.3) is 0 Å². The van der Waals surface area contributed by atoms with E-state index in [4.69, 9.17) is 0 Å². The van der Waals surface area contributed by atoms with Crippen LogP contribution in [0.4, 0.5) is 0 Å². The van der Waals surface area contributed by atoms with E-state index in [1.165, 1.54) is 41.0 Å². The van der Waals surface area contributed by atoms with E-state index in [9.17, 15) is 5.11 Å². The molecule has 0 heterocycles. The predicted octanol–water partition coefficient (Wildman–Crippen LogP) is 8.27. The Balaban J connectivity index is 2.01. The Morgan fingerprint density at radius 2 is 1.44 bits per heavy atom. The summed E-state index contributed by atoms with van der Waals surface area (Å²) in [4.78, 5) is 2.48. The molecule has 2 rings (SSSR count). The summed E-state index contributed by atoms with van der Waals surface area (Å²) in [5, 5.41) is 13.4. The standard InChI is InChI=1S/C25H35OS/c1-4-6-7-8-12-20-25(3,26)24(13-5-2)21-16-18-23(19-17-21)27-22-14-10-9-11-15-22/h9-11,14-19,24H,4-8,12-13,20H2,1-3H3. The van der Waals surface area contributed by atoms with Crippen molar-refractivity contribution in [2.45, 2.75) is 93.4 Å². The van der Waals surface area contributed by atoms with Gasteiger partial charge in [0.1, 0.15) is 5.60 Å². The fourth-order valence-corrected chi connectivity index (χ4v) is 4.60. The van der Waals surface area contributed by atoms with E-state index < -0.39 is 5.60 Å². The maximum Gasteiger partial charge on any atom is 0.108 e. The second-order valence-electron chi connectivity index (χ2n) is 7.80. The van der Waals surface area contributed by atoms with Gasteiger partial charge in [-0.15, -0.1) is 0 Å². The van der Waals surface area contributed by atoms with Gasteiger partial charge in [-0.1, -0.05) is 94.5 Å². The first-order chi connectivity index (χ1) is 13.1. The first-order valence-electron chi connectivity index (χ1n) is 10.6. The lowest BCUT2D eigenvalue weighted by Crippen LogP contribution is -2.31. The number of rotatable bonds is 12. The maximum atomic E-state index is 13.4. The van der Waals surface area contributed by atoms with Crippen LogP contribution in [0.3, 0.4) is 0 Å². The van der Waals surface area contributed by atoms with Crippen LogP contribution in [0.5, 0.6) is 0 Å². The summed E-state index contributed by atoms with van der Waals surface area (Å²) in [6, 6.07) is 19.1. The van der Waals surface area contributed by atoms with E-state index >= 15 is 0 Å². The molecule has 0 aromatic heterocycles. The molecule has 0 fully saturated rings. The molecule has 1 nitrogen and oxygen atoms in total. The summed E-state index contributed by atoms with van der Waals surface area (Å²) >= 11 is 1.77. The third-order valence-electron chi connectivity index (χ3n) is 5.35. The fraction of sp³-hybridized carbons (Fsp3) is 0.520. The number of hydrogen-bond donors (Lipinski definition) is 0. The zero-order valence-electron chi connectivity index (χ0n) is 17.2. The van der Waals surface area contributed by atoms with Crippen molar-refractivity contribution < 1.29 is 5.11 Å². The Kier molecular flexibility index (Phi) is 9.44. The van der Waals surface area contributed by atoms with Crippen LogP contribution in [0, 0.1) is 0 Å². The van der Waals surface area contributed by atoms with Crippen molar-refractivity contribution in [3.63, 3.8) is 0 Å². The molecular formula is C25H35OS. The molecular weight excluding hydrogens is 348 g/mol. The van der Waals surface area contributed by atoms with Crippen molar-refractivity contribution in [3.8, 4) is 0 Å². The monoisotopic (exact) mass is 383 g/mol. The van der Waals surface area contributed by atoms with Crippen molar-refractivity contribution in [1.82, 2.24) is 0 Å². The molecule has 0 bridgehead atoms. The van der Waals surface area contributed by atoms with Gasteiger partial charge in [0.2, 0.25) is 0 Å². The lowest BCUT2D eigenvalue weighted by molar-refractivity contribution is -0.0479. The minimum atomic E-state index is -0.879. The molecule has 0 saturated heterocycles. The van der Waals surface area contributed by atoms with Crippen molar-refractivity contribution in [1.29, 1.82) is 0 Å². The Morgan fingerprint density at radius 1 is 0.815 bits per heavy atom. The third kappa shape index (κ3) is 7.35. The van der Waals surface area contributed by atoms with Crippen molar-refractivity contribution in [3.05, 3.63) is 60.2 Å². The van der Waals surface area contributed by atoms with Crippen LogP contribution in [-0.2, 0) is 5.11 Å². The van der Waals surface area contributed by atoms with Gasteiger partial charge in [0.25, 0.3) is 0 Å². The van der Waals surface area contributed by atoms with Gasteiger partial charge < -0.3 is 0 Å². The van der Waals surface area contributed by atoms with Gasteiger partial charge >= 0.3 is 0 Å². The lowest BCUT2D eigenvalue weighted by atomic mass is 9.77. The molecule has 0 saturated carbocycles. The van der Waals surface area contributed by atoms with Crippen LogP contribution >= 0.6 is 11.8 Å². The third-order valence-corrected chi connectivity index (χ3v) is 6.37. The van der Waals surface area contributed by atoms with Gasteiger partial charge in [0.15, 0.2) is 0 Å². The molecule has 0 spiro atoms. The molecule has 0 amide bonds. The summed E-state index contributed by atoms with van der Waals surface area (Å²) in [6.45, 7) is 6.35. The topological polar surface area (TPSA) is 19.9 Å². The Bertz CT molecular complexity index is 633. The Hall–Kier alpha value is -1.25. The SMILES string of the molecule is CCCCCCCC(C)([O])C(CCC)c1ccc(Sc2ccccc2)cc1. The minimum Gasteiger partial charge on any atom is -0.229 e. The molecule has 2 aromatic rings. The number of unbranched alkanes of at least 4 members (excludes halogenated alkanes) is 4. The minimum absolute atomic E-state index is 0.101. The summed E-state index contributed by atoms with van der Waals surface area (Å²) in [5.41, 5.74) is 0.330. The van der Waals surface area contributed by atoms with E-state index in [0.717, 1.165) is 25.7 Å². The lowest BCUT2D eigenvalue weighted by Gasteiger charge is -2.31. The normalized spacial score (nSPS) is 14.7. The predicted molar refractivity (Wildman–Crippen MR) is 117 cm³/mol. The first kappa shape index (κ1) is 22.0. The second-order valence-corrected chi connectivity index (χ2v) is 8.95. The van der Waals surface area contributed by atoms with E-state index in [-0.39, 0.29) is 5.92 Å². The van der Waals surface area contributed by atoms with Crippen LogP contribution in [0.1, 0.15) is 83.6 Å². The molecule has 2 atom stereocenters. The quantitative estimate of drug-likeness (QED) is 0.338. The van der Waals surface area contributed by atoms with E-state index in [1.54, 1.807) is 11.8 Å². The highest BCUT2D eigenvalue weighted by Gasteiger charge is 2.33. The van der Waals surface area contributed by atoms with Gasteiger partial charge in [-0.05, 0) is 49.6 Å². The molecule has 2 aromatic carbocycles. The van der Waals surface area contributed by atoms with Gasteiger partial charge in [-0.3, -0.25) is 0 Å². The van der Waals surface area contributed by atoms with Crippen LogP contribution < -0.4 is 0 Å². The average Bonchev–Trinajstić information content (AvgIpc) is 2.67. The smallest absolute Gasteiger partial charge is 0.108 e. The average molecular weight is 384 g/mol. The van der Waals surface area contributed by atoms with E-state index in [1.807, 2.05) is 13.0 Å². The van der Waals surface area contributed by atoms with E-state index in [2.05, 4.69) is 62.4 Å². The van der Waals surface area contributed by atoms with Crippen molar-refractivity contribution >= 4 is 11.8 Å². The Morgan fingerprint density at radius 3 is 2.07 bits per heavy atom. The highest BCUT2D eigenvalue weighted by atomic mass is 32.2. The van der Waals surface area contributed by atoms with Crippen LogP contribution in [0.2, 0.25) is 0 Å². The van der Waals surface area contributed by atoms with Gasteiger partial charge in [0, 0.05) is 15.7 Å². The van der Waals surface area contributed by atoms with Gasteiger partial charge in [-0.25, -0.2) is 5.11 Å². The van der Waals surface area contributed by atoms with Gasteiger partial charge in [-0.2, -0.15) is 0 Å². The van der Waals surface area contributed by atoms with Crippen LogP contribution in [-0.4, -0.2) is 5.60 Å². The summed E-state index contributed by atoms with van der Waals surface area (Å²) in [7, 11) is 0. The maximum absolute atomic E-state index is 13.4. The molecule has 27 heavy (non-hydrogen) atoms. The molecule has 2 unspecified atom stereocenters. The van der Waals surface area contributed by atoms with Crippen molar-refractivity contribution in [2.24, 2.45) is 0 Å². The highest BCUT2D eigenvalue weighted by molar-refractivity contribution is 7.99. The number of hydrogen-bond acceptors (Lipinski definition) is 1. The summed E-state index contributed by atoms with van der Waals surface area (Å²) in [6.07, 6.45) is 8.85. The molecule has 0 N–H and O–H groups in total. The molecule has 0 aliphatic carbocycles. The first-order valence-corrected chi connectivity index (χ1v) is 11.4.